The highest BCUT2D eigenvalue weighted by Gasteiger charge is 2.17. The molecule has 33 heavy (non-hydrogen) atoms. The summed E-state index contributed by atoms with van der Waals surface area (Å²) in [6, 6.07) is 9.67. The largest absolute Gasteiger partial charge is 0.496 e. The Morgan fingerprint density at radius 2 is 1.97 bits per heavy atom. The quantitative estimate of drug-likeness (QED) is 0.386. The molecule has 0 aliphatic carbocycles. The third-order valence-electron chi connectivity index (χ3n) is 5.86. The van der Waals surface area contributed by atoms with Crippen LogP contribution in [0.3, 0.4) is 0 Å². The van der Waals surface area contributed by atoms with Gasteiger partial charge in [0.15, 0.2) is 0 Å². The summed E-state index contributed by atoms with van der Waals surface area (Å²) in [7, 11) is 1.63. The normalized spacial score (nSPS) is 15.1. The Morgan fingerprint density at radius 1 is 1.15 bits per heavy atom. The molecule has 2 aromatic heterocycles. The molecule has 0 radical (unpaired) electrons. The van der Waals surface area contributed by atoms with Crippen molar-refractivity contribution in [3.8, 4) is 5.75 Å². The molecule has 0 atom stereocenters. The first kappa shape index (κ1) is 21.1. The zero-order valence-electron chi connectivity index (χ0n) is 18.0. The first-order valence-corrected chi connectivity index (χ1v) is 10.6. The standard InChI is InChI=1S/C23H22FN5O4/c1-32-19-5-2-14(10-15(19)13-28-6-8-33-9-7-28)12-25-29-22(30)21-20(27-23(29)31)17-11-16(24)3-4-18(17)26-21/h2-5,10-12,26H,6-9,13H2,1H3,(H,27,31)/p+1/b25-12-. The van der Waals surface area contributed by atoms with Gasteiger partial charge in [-0.15, -0.1) is 4.68 Å². The van der Waals surface area contributed by atoms with Crippen LogP contribution < -0.4 is 20.9 Å². The first-order chi connectivity index (χ1) is 16.0. The molecule has 0 amide bonds. The number of quaternary nitrogens is 1. The van der Waals surface area contributed by atoms with Crippen LogP contribution in [0.15, 0.2) is 51.1 Å². The van der Waals surface area contributed by atoms with Crippen LogP contribution >= 0.6 is 0 Å². The first-order valence-electron chi connectivity index (χ1n) is 10.6. The summed E-state index contributed by atoms with van der Waals surface area (Å²) in [4.78, 5) is 32.5. The van der Waals surface area contributed by atoms with Gasteiger partial charge in [-0.05, 0) is 42.0 Å². The Kier molecular flexibility index (Phi) is 5.53. The van der Waals surface area contributed by atoms with E-state index in [4.69, 9.17) is 9.47 Å². The monoisotopic (exact) mass is 452 g/mol. The summed E-state index contributed by atoms with van der Waals surface area (Å²) in [6.45, 7) is 4.06. The molecule has 170 valence electrons. The molecule has 1 fully saturated rings. The fourth-order valence-corrected chi connectivity index (χ4v) is 4.16. The van der Waals surface area contributed by atoms with E-state index >= 15 is 0 Å². The van der Waals surface area contributed by atoms with Gasteiger partial charge < -0.3 is 24.3 Å². The van der Waals surface area contributed by atoms with Crippen LogP contribution in [0.2, 0.25) is 0 Å². The van der Waals surface area contributed by atoms with Gasteiger partial charge in [0.25, 0.3) is 0 Å². The number of hydrogen-bond acceptors (Lipinski definition) is 5. The number of morpholine rings is 1. The molecule has 10 heteroatoms. The average Bonchev–Trinajstić information content (AvgIpc) is 3.17. The summed E-state index contributed by atoms with van der Waals surface area (Å²) < 4.78 is 25.3. The number of ether oxygens (including phenoxy) is 2. The Balaban J connectivity index is 1.50. The predicted octanol–water partition coefficient (Wildman–Crippen LogP) is 0.616. The number of nitrogens with zero attached hydrogens (tertiary/aromatic N) is 2. The van der Waals surface area contributed by atoms with Crippen molar-refractivity contribution in [1.29, 1.82) is 0 Å². The highest BCUT2D eigenvalue weighted by molar-refractivity contribution is 6.04. The maximum atomic E-state index is 13.6. The van der Waals surface area contributed by atoms with Crippen LogP contribution in [-0.2, 0) is 11.3 Å². The van der Waals surface area contributed by atoms with Crippen LogP contribution in [0.5, 0.6) is 5.75 Å². The molecule has 5 rings (SSSR count). The SMILES string of the molecule is COc1ccc(/C=N\n2c(=O)[nH]c3c([nH]c4ccc(F)cc43)c2=O)cc1C[NH+]1CCOCC1. The van der Waals surface area contributed by atoms with Gasteiger partial charge in [-0.2, -0.15) is 5.10 Å². The Labute approximate surface area is 187 Å². The number of benzene rings is 2. The van der Waals surface area contributed by atoms with Crippen LogP contribution in [0.25, 0.3) is 21.9 Å². The number of H-pyrrole nitrogens is 2. The highest BCUT2D eigenvalue weighted by atomic mass is 19.1. The van der Waals surface area contributed by atoms with E-state index in [1.165, 1.54) is 29.3 Å². The second kappa shape index (κ2) is 8.64. The van der Waals surface area contributed by atoms with E-state index < -0.39 is 17.1 Å². The minimum Gasteiger partial charge on any atom is -0.496 e. The number of halogens is 1. The third kappa shape index (κ3) is 4.06. The molecule has 0 saturated carbocycles. The lowest BCUT2D eigenvalue weighted by Gasteiger charge is -2.24. The summed E-state index contributed by atoms with van der Waals surface area (Å²) in [6.07, 6.45) is 1.46. The zero-order valence-corrected chi connectivity index (χ0v) is 18.0. The maximum absolute atomic E-state index is 13.6. The van der Waals surface area contributed by atoms with Crippen molar-refractivity contribution in [2.75, 3.05) is 33.4 Å². The molecular formula is C23H23FN5O4+. The van der Waals surface area contributed by atoms with Gasteiger partial charge >= 0.3 is 11.2 Å². The van der Waals surface area contributed by atoms with Crippen LogP contribution in [0.1, 0.15) is 11.1 Å². The van der Waals surface area contributed by atoms with Crippen molar-refractivity contribution in [2.45, 2.75) is 6.54 Å². The Hall–Kier alpha value is -3.76. The van der Waals surface area contributed by atoms with E-state index in [1.54, 1.807) is 7.11 Å². The van der Waals surface area contributed by atoms with Crippen molar-refractivity contribution in [3.05, 3.63) is 74.2 Å². The predicted molar refractivity (Wildman–Crippen MR) is 122 cm³/mol. The minimum atomic E-state index is -0.708. The van der Waals surface area contributed by atoms with E-state index in [9.17, 15) is 14.0 Å². The van der Waals surface area contributed by atoms with Crippen molar-refractivity contribution in [1.82, 2.24) is 14.6 Å². The maximum Gasteiger partial charge on any atom is 0.350 e. The number of aromatic nitrogens is 3. The second-order valence-corrected chi connectivity index (χ2v) is 7.97. The van der Waals surface area contributed by atoms with Crippen LogP contribution in [-0.4, -0.2) is 54.3 Å². The average molecular weight is 452 g/mol. The number of hydrogen-bond donors (Lipinski definition) is 3. The smallest absolute Gasteiger partial charge is 0.350 e. The lowest BCUT2D eigenvalue weighted by Crippen LogP contribution is -3.12. The van der Waals surface area contributed by atoms with E-state index in [-0.39, 0.29) is 11.0 Å². The summed E-state index contributed by atoms with van der Waals surface area (Å²) in [5.74, 6) is 0.313. The topological polar surface area (TPSA) is 106 Å². The number of rotatable bonds is 5. The number of methoxy groups -OCH3 is 1. The molecular weight excluding hydrogens is 429 g/mol. The van der Waals surface area contributed by atoms with Gasteiger partial charge in [-0.1, -0.05) is 0 Å². The number of fused-ring (bicyclic) bond motifs is 3. The van der Waals surface area contributed by atoms with Crippen molar-refractivity contribution in [3.63, 3.8) is 0 Å². The lowest BCUT2D eigenvalue weighted by atomic mass is 10.1. The van der Waals surface area contributed by atoms with E-state index in [1.807, 2.05) is 18.2 Å². The van der Waals surface area contributed by atoms with Gasteiger partial charge in [-0.3, -0.25) is 4.79 Å². The van der Waals surface area contributed by atoms with Crippen molar-refractivity contribution >= 4 is 28.2 Å². The molecule has 0 unspecified atom stereocenters. The molecule has 1 saturated heterocycles. The molecule has 3 heterocycles. The molecule has 3 N–H and O–H groups in total. The molecule has 9 nitrogen and oxygen atoms in total. The molecule has 1 aliphatic rings. The lowest BCUT2D eigenvalue weighted by molar-refractivity contribution is -0.921. The summed E-state index contributed by atoms with van der Waals surface area (Å²) in [5.41, 5.74) is 1.36. The highest BCUT2D eigenvalue weighted by Crippen LogP contribution is 2.21. The number of aromatic amines is 2. The van der Waals surface area contributed by atoms with E-state index in [2.05, 4.69) is 15.1 Å². The molecule has 0 spiro atoms. The van der Waals surface area contributed by atoms with Gasteiger partial charge in [0.2, 0.25) is 0 Å². The van der Waals surface area contributed by atoms with Crippen molar-refractivity contribution < 1.29 is 18.8 Å². The fraction of sp³-hybridized carbons (Fsp3) is 0.261. The van der Waals surface area contributed by atoms with Gasteiger partial charge in [0.05, 0.1) is 32.1 Å². The van der Waals surface area contributed by atoms with Gasteiger partial charge in [0, 0.05) is 16.5 Å². The second-order valence-electron chi connectivity index (χ2n) is 7.97. The fourth-order valence-electron chi connectivity index (χ4n) is 4.16. The van der Waals surface area contributed by atoms with Gasteiger partial charge in [-0.25, -0.2) is 9.18 Å². The zero-order chi connectivity index (χ0) is 22.9. The summed E-state index contributed by atoms with van der Waals surface area (Å²) in [5, 5.41) is 4.56. The van der Waals surface area contributed by atoms with E-state index in [0.29, 0.717) is 10.9 Å². The summed E-state index contributed by atoms with van der Waals surface area (Å²) >= 11 is 0. The minimum absolute atomic E-state index is 0.152. The molecule has 0 bridgehead atoms. The molecule has 2 aromatic carbocycles. The van der Waals surface area contributed by atoms with Crippen LogP contribution in [0, 0.1) is 5.82 Å². The molecule has 1 aliphatic heterocycles. The van der Waals surface area contributed by atoms with Gasteiger partial charge in [0.1, 0.15) is 36.7 Å². The van der Waals surface area contributed by atoms with Crippen LogP contribution in [0.4, 0.5) is 4.39 Å². The molecule has 4 aromatic rings. The Morgan fingerprint density at radius 3 is 2.76 bits per heavy atom. The van der Waals surface area contributed by atoms with Crippen molar-refractivity contribution in [2.24, 2.45) is 5.10 Å². The van der Waals surface area contributed by atoms with E-state index in [0.717, 1.165) is 54.4 Å². The number of nitrogens with one attached hydrogen (secondary N) is 3. The third-order valence-corrected chi connectivity index (χ3v) is 5.86. The Bertz CT molecular complexity index is 1480.